The van der Waals surface area contributed by atoms with Crippen molar-refractivity contribution in [2.45, 2.75) is 19.9 Å². The fraction of sp³-hybridized carbons (Fsp3) is 0.308. The first kappa shape index (κ1) is 11.7. The van der Waals surface area contributed by atoms with E-state index in [-0.39, 0.29) is 0 Å². The molecule has 3 N–H and O–H groups in total. The zero-order chi connectivity index (χ0) is 12.4. The van der Waals surface area contributed by atoms with Crippen LogP contribution in [-0.2, 0) is 6.54 Å². The van der Waals surface area contributed by atoms with Gasteiger partial charge in [0.15, 0.2) is 0 Å². The molecular formula is C13H16N2O2. The number of fused-ring (bicyclic) bond motifs is 1. The number of aryl methyl sites for hydroxylation is 2. The summed E-state index contributed by atoms with van der Waals surface area (Å²) in [5.74, 6) is -0.879. The molecule has 0 amide bonds. The second-order valence-corrected chi connectivity index (χ2v) is 4.18. The molecule has 0 aliphatic carbocycles. The quantitative estimate of drug-likeness (QED) is 0.847. The van der Waals surface area contributed by atoms with Crippen LogP contribution in [0.1, 0.15) is 22.3 Å². The lowest BCUT2D eigenvalue weighted by Crippen LogP contribution is -2.05. The number of hydrogen-bond donors (Lipinski definition) is 2. The van der Waals surface area contributed by atoms with Gasteiger partial charge in [-0.3, -0.25) is 0 Å². The zero-order valence-electron chi connectivity index (χ0n) is 9.81. The summed E-state index contributed by atoms with van der Waals surface area (Å²) in [4.78, 5) is 11.1. The van der Waals surface area contributed by atoms with Crippen LogP contribution in [0, 0.1) is 6.92 Å². The monoisotopic (exact) mass is 232 g/mol. The lowest BCUT2D eigenvalue weighted by molar-refractivity contribution is 0.0696. The Kier molecular flexibility index (Phi) is 3.15. The number of aromatic nitrogens is 1. The van der Waals surface area contributed by atoms with Gasteiger partial charge in [-0.2, -0.15) is 0 Å². The number of benzene rings is 1. The molecule has 0 unspecified atom stereocenters. The second-order valence-electron chi connectivity index (χ2n) is 4.18. The van der Waals surface area contributed by atoms with Gasteiger partial charge in [-0.1, -0.05) is 0 Å². The minimum Gasteiger partial charge on any atom is -0.478 e. The highest BCUT2D eigenvalue weighted by Gasteiger charge is 2.10. The van der Waals surface area contributed by atoms with Gasteiger partial charge in [0.1, 0.15) is 0 Å². The molecule has 1 aromatic carbocycles. The number of aromatic carboxylic acids is 1. The average Bonchev–Trinajstić information content (AvgIpc) is 2.67. The molecule has 4 nitrogen and oxygen atoms in total. The minimum atomic E-state index is -0.879. The van der Waals surface area contributed by atoms with Gasteiger partial charge in [0.25, 0.3) is 0 Å². The summed E-state index contributed by atoms with van der Waals surface area (Å²) >= 11 is 0. The molecule has 4 heteroatoms. The Morgan fingerprint density at radius 3 is 2.88 bits per heavy atom. The van der Waals surface area contributed by atoms with Crippen molar-refractivity contribution in [1.82, 2.24) is 4.57 Å². The van der Waals surface area contributed by atoms with Crippen LogP contribution in [0.15, 0.2) is 24.4 Å². The molecule has 0 fully saturated rings. The Bertz CT molecular complexity index is 558. The van der Waals surface area contributed by atoms with Crippen LogP contribution >= 0.6 is 0 Å². The SMILES string of the molecule is Cc1cc2ccn(CCCN)c2cc1C(=O)O. The van der Waals surface area contributed by atoms with E-state index in [2.05, 4.69) is 0 Å². The highest BCUT2D eigenvalue weighted by Crippen LogP contribution is 2.21. The third-order valence-corrected chi connectivity index (χ3v) is 2.95. The summed E-state index contributed by atoms with van der Waals surface area (Å²) in [6.45, 7) is 3.28. The zero-order valence-corrected chi connectivity index (χ0v) is 9.81. The van der Waals surface area contributed by atoms with Crippen LogP contribution in [-0.4, -0.2) is 22.2 Å². The molecule has 1 heterocycles. The van der Waals surface area contributed by atoms with Gasteiger partial charge in [-0.05, 0) is 49.0 Å². The molecule has 0 spiro atoms. The maximum Gasteiger partial charge on any atom is 0.336 e. The first-order valence-electron chi connectivity index (χ1n) is 5.66. The topological polar surface area (TPSA) is 68.2 Å². The average molecular weight is 232 g/mol. The maximum absolute atomic E-state index is 11.1. The fourth-order valence-electron chi connectivity index (χ4n) is 2.04. The van der Waals surface area contributed by atoms with Gasteiger partial charge < -0.3 is 15.4 Å². The molecule has 0 aliphatic rings. The number of carbonyl (C=O) groups is 1. The van der Waals surface area contributed by atoms with E-state index in [1.165, 1.54) is 0 Å². The van der Waals surface area contributed by atoms with E-state index in [9.17, 15) is 4.79 Å². The van der Waals surface area contributed by atoms with Crippen LogP contribution in [0.3, 0.4) is 0 Å². The molecule has 17 heavy (non-hydrogen) atoms. The number of hydrogen-bond acceptors (Lipinski definition) is 2. The molecule has 0 saturated heterocycles. The Labute approximate surface area is 99.7 Å². The van der Waals surface area contributed by atoms with E-state index in [4.69, 9.17) is 10.8 Å². The lowest BCUT2D eigenvalue weighted by Gasteiger charge is -2.06. The van der Waals surface area contributed by atoms with Gasteiger partial charge in [0, 0.05) is 18.3 Å². The smallest absolute Gasteiger partial charge is 0.336 e. The summed E-state index contributed by atoms with van der Waals surface area (Å²) < 4.78 is 2.05. The summed E-state index contributed by atoms with van der Waals surface area (Å²) in [6, 6.07) is 5.66. The molecule has 90 valence electrons. The van der Waals surface area contributed by atoms with Crippen molar-refractivity contribution >= 4 is 16.9 Å². The van der Waals surface area contributed by atoms with Gasteiger partial charge in [-0.25, -0.2) is 4.79 Å². The van der Waals surface area contributed by atoms with E-state index < -0.39 is 5.97 Å². The van der Waals surface area contributed by atoms with E-state index >= 15 is 0 Å². The van der Waals surface area contributed by atoms with Crippen molar-refractivity contribution in [3.05, 3.63) is 35.5 Å². The number of nitrogens with two attached hydrogens (primary N) is 1. The molecule has 0 atom stereocenters. The molecule has 0 bridgehead atoms. The Hall–Kier alpha value is -1.81. The van der Waals surface area contributed by atoms with Crippen LogP contribution < -0.4 is 5.73 Å². The predicted octanol–water partition coefficient (Wildman–Crippen LogP) is 2.00. The summed E-state index contributed by atoms with van der Waals surface area (Å²) in [5, 5.41) is 10.2. The third kappa shape index (κ3) is 2.17. The summed E-state index contributed by atoms with van der Waals surface area (Å²) in [6.07, 6.45) is 2.87. The standard InChI is InChI=1S/C13H16N2O2/c1-9-7-10-3-6-15(5-2-4-14)12(10)8-11(9)13(16)17/h3,6-8H,2,4-5,14H2,1H3,(H,16,17). The summed E-state index contributed by atoms with van der Waals surface area (Å²) in [5.41, 5.74) is 7.60. The van der Waals surface area contributed by atoms with Crippen LogP contribution in [0.5, 0.6) is 0 Å². The largest absolute Gasteiger partial charge is 0.478 e. The van der Waals surface area contributed by atoms with Crippen molar-refractivity contribution in [3.8, 4) is 0 Å². The fourth-order valence-corrected chi connectivity index (χ4v) is 2.04. The van der Waals surface area contributed by atoms with Crippen molar-refractivity contribution in [2.24, 2.45) is 5.73 Å². The molecule has 0 saturated carbocycles. The van der Waals surface area contributed by atoms with Gasteiger partial charge in [0.2, 0.25) is 0 Å². The van der Waals surface area contributed by atoms with Gasteiger partial charge in [-0.15, -0.1) is 0 Å². The Morgan fingerprint density at radius 2 is 2.24 bits per heavy atom. The van der Waals surface area contributed by atoms with Crippen molar-refractivity contribution < 1.29 is 9.90 Å². The van der Waals surface area contributed by atoms with Crippen LogP contribution in [0.25, 0.3) is 10.9 Å². The molecular weight excluding hydrogens is 216 g/mol. The van der Waals surface area contributed by atoms with Gasteiger partial charge >= 0.3 is 5.97 Å². The molecule has 2 aromatic rings. The third-order valence-electron chi connectivity index (χ3n) is 2.95. The first-order valence-corrected chi connectivity index (χ1v) is 5.66. The number of carboxylic acid groups (broad SMARTS) is 1. The summed E-state index contributed by atoms with van der Waals surface area (Å²) in [7, 11) is 0. The highest BCUT2D eigenvalue weighted by molar-refractivity contribution is 5.95. The normalized spacial score (nSPS) is 10.9. The molecule has 1 aromatic heterocycles. The van der Waals surface area contributed by atoms with Crippen molar-refractivity contribution in [2.75, 3.05) is 6.54 Å². The van der Waals surface area contributed by atoms with Crippen LogP contribution in [0.4, 0.5) is 0 Å². The van der Waals surface area contributed by atoms with Crippen molar-refractivity contribution in [1.29, 1.82) is 0 Å². The van der Waals surface area contributed by atoms with E-state index in [0.717, 1.165) is 29.4 Å². The lowest BCUT2D eigenvalue weighted by atomic mass is 10.1. The second kappa shape index (κ2) is 4.59. The first-order chi connectivity index (χ1) is 8.13. The van der Waals surface area contributed by atoms with E-state index in [0.29, 0.717) is 12.1 Å². The molecule has 0 aliphatic heterocycles. The molecule has 2 rings (SSSR count). The Balaban J connectivity index is 2.51. The minimum absolute atomic E-state index is 0.366. The van der Waals surface area contributed by atoms with E-state index in [1.54, 1.807) is 6.07 Å². The maximum atomic E-state index is 11.1. The van der Waals surface area contributed by atoms with Gasteiger partial charge in [0.05, 0.1) is 5.56 Å². The highest BCUT2D eigenvalue weighted by atomic mass is 16.4. The number of carboxylic acids is 1. The predicted molar refractivity (Wildman–Crippen MR) is 67.3 cm³/mol. The number of nitrogens with zero attached hydrogens (tertiary/aromatic N) is 1. The molecule has 0 radical (unpaired) electrons. The number of rotatable bonds is 4. The Morgan fingerprint density at radius 1 is 1.47 bits per heavy atom. The van der Waals surface area contributed by atoms with E-state index in [1.807, 2.05) is 29.8 Å². The van der Waals surface area contributed by atoms with Crippen molar-refractivity contribution in [3.63, 3.8) is 0 Å². The van der Waals surface area contributed by atoms with Crippen LogP contribution in [0.2, 0.25) is 0 Å².